The van der Waals surface area contributed by atoms with Crippen LogP contribution < -0.4 is 0 Å². The molecule has 0 aromatic heterocycles. The summed E-state index contributed by atoms with van der Waals surface area (Å²) in [4.78, 5) is 26.2. The van der Waals surface area contributed by atoms with Crippen LogP contribution in [-0.2, 0) is 9.59 Å². The molecule has 0 N–H and O–H groups in total. The summed E-state index contributed by atoms with van der Waals surface area (Å²) in [6, 6.07) is 0. The van der Waals surface area contributed by atoms with Crippen molar-refractivity contribution in [1.82, 2.24) is 4.90 Å². The van der Waals surface area contributed by atoms with Gasteiger partial charge in [-0.25, -0.2) is 0 Å². The Morgan fingerprint density at radius 3 is 2.00 bits per heavy atom. The van der Waals surface area contributed by atoms with Crippen molar-refractivity contribution in [2.75, 3.05) is 13.1 Å². The van der Waals surface area contributed by atoms with E-state index in [9.17, 15) is 9.59 Å². The molecule has 0 aromatic rings. The number of likely N-dealkylation sites (N-methyl/N-ethyl adjacent to an activating group) is 1. The van der Waals surface area contributed by atoms with Crippen molar-refractivity contribution in [2.24, 2.45) is 17.8 Å². The van der Waals surface area contributed by atoms with Gasteiger partial charge in [-0.15, -0.1) is 0 Å². The number of amides is 1. The van der Waals surface area contributed by atoms with Crippen LogP contribution in [0.5, 0.6) is 0 Å². The van der Waals surface area contributed by atoms with Crippen LogP contribution in [0, 0.1) is 17.8 Å². The van der Waals surface area contributed by atoms with Gasteiger partial charge in [0.1, 0.15) is 0 Å². The van der Waals surface area contributed by atoms with Crippen molar-refractivity contribution in [2.45, 2.75) is 72.6 Å². The Hall–Kier alpha value is -1.38. The third kappa shape index (κ3) is 6.80. The van der Waals surface area contributed by atoms with Crippen LogP contribution in [0.3, 0.4) is 0 Å². The number of ketones is 1. The summed E-state index contributed by atoms with van der Waals surface area (Å²) in [5.41, 5.74) is 1.32. The molecule has 0 aromatic carbocycles. The lowest BCUT2D eigenvalue weighted by atomic mass is 9.78. The molecule has 1 rings (SSSR count). The summed E-state index contributed by atoms with van der Waals surface area (Å²) in [6.45, 7) is 16.9. The molecule has 1 amide bonds. The minimum atomic E-state index is 0.0914. The molecule has 0 spiro atoms. The molecule has 0 saturated heterocycles. The maximum absolute atomic E-state index is 12.1. The molecule has 1 aliphatic carbocycles. The maximum Gasteiger partial charge on any atom is 0.248 e. The van der Waals surface area contributed by atoms with Crippen LogP contribution in [0.15, 0.2) is 24.3 Å². The lowest BCUT2D eigenvalue weighted by molar-refractivity contribution is -0.127. The van der Waals surface area contributed by atoms with Crippen molar-refractivity contribution in [3.05, 3.63) is 24.3 Å². The second kappa shape index (κ2) is 10.6. The van der Waals surface area contributed by atoms with Gasteiger partial charge in [0.25, 0.3) is 0 Å². The molecule has 0 heterocycles. The molecule has 1 atom stereocenters. The quantitative estimate of drug-likeness (QED) is 0.511. The van der Waals surface area contributed by atoms with Gasteiger partial charge in [0.05, 0.1) is 0 Å². The molecular formula is C22H37NO2. The minimum absolute atomic E-state index is 0.0914. The summed E-state index contributed by atoms with van der Waals surface area (Å²) in [6.07, 6.45) is 7.88. The molecule has 1 saturated carbocycles. The maximum atomic E-state index is 12.1. The van der Waals surface area contributed by atoms with E-state index in [0.29, 0.717) is 17.1 Å². The van der Waals surface area contributed by atoms with Crippen LogP contribution >= 0.6 is 0 Å². The van der Waals surface area contributed by atoms with Gasteiger partial charge in [-0.3, -0.25) is 9.59 Å². The summed E-state index contributed by atoms with van der Waals surface area (Å²) in [5.74, 6) is 1.83. The van der Waals surface area contributed by atoms with E-state index in [1.165, 1.54) is 25.7 Å². The predicted molar refractivity (Wildman–Crippen MR) is 105 cm³/mol. The van der Waals surface area contributed by atoms with Crippen LogP contribution in [0.25, 0.3) is 0 Å². The van der Waals surface area contributed by atoms with Gasteiger partial charge >= 0.3 is 0 Å². The number of hydrogen-bond acceptors (Lipinski definition) is 2. The number of rotatable bonds is 10. The largest absolute Gasteiger partial charge is 0.339 e. The number of allylic oxidation sites excluding steroid dienone is 1. The second-order valence-electron chi connectivity index (χ2n) is 7.84. The summed E-state index contributed by atoms with van der Waals surface area (Å²) >= 11 is 0. The fraction of sp³-hybridized carbons (Fsp3) is 0.727. The first-order chi connectivity index (χ1) is 11.8. The van der Waals surface area contributed by atoms with E-state index in [1.54, 1.807) is 6.92 Å². The first-order valence-electron chi connectivity index (χ1n) is 9.94. The van der Waals surface area contributed by atoms with Crippen molar-refractivity contribution in [1.29, 1.82) is 0 Å². The Balaban J connectivity index is 2.40. The Kier molecular flexibility index (Phi) is 9.16. The van der Waals surface area contributed by atoms with E-state index in [0.717, 1.165) is 38.3 Å². The zero-order chi connectivity index (χ0) is 19.0. The number of carbonyl (C=O) groups is 2. The highest BCUT2D eigenvalue weighted by atomic mass is 16.2. The standard InChI is InChI=1S/C22H37NO2/c1-7-20(21(24)16(3)4)14-13-18-9-11-19(12-10-18)15-23(8-2)22(25)17(5)6/h18-20H,3,5,7-15H2,1-2,4,6H3. The molecule has 3 heteroatoms. The molecule has 0 aliphatic heterocycles. The third-order valence-corrected chi connectivity index (χ3v) is 5.69. The van der Waals surface area contributed by atoms with Gasteiger partial charge in [0.15, 0.2) is 5.78 Å². The summed E-state index contributed by atoms with van der Waals surface area (Å²) in [5, 5.41) is 0. The van der Waals surface area contributed by atoms with Crippen molar-refractivity contribution in [3.8, 4) is 0 Å². The molecule has 1 fully saturated rings. The molecular weight excluding hydrogens is 310 g/mol. The molecule has 25 heavy (non-hydrogen) atoms. The Labute approximate surface area is 154 Å². The van der Waals surface area contributed by atoms with E-state index in [1.807, 2.05) is 18.7 Å². The van der Waals surface area contributed by atoms with Crippen LogP contribution in [0.4, 0.5) is 0 Å². The van der Waals surface area contributed by atoms with Crippen molar-refractivity contribution in [3.63, 3.8) is 0 Å². The zero-order valence-electron chi connectivity index (χ0n) is 16.8. The Morgan fingerprint density at radius 2 is 1.56 bits per heavy atom. The molecule has 142 valence electrons. The fourth-order valence-electron chi connectivity index (χ4n) is 3.95. The smallest absolute Gasteiger partial charge is 0.248 e. The monoisotopic (exact) mass is 347 g/mol. The second-order valence-corrected chi connectivity index (χ2v) is 7.84. The topological polar surface area (TPSA) is 37.4 Å². The number of Topliss-reactive ketones (excluding diaryl/α,β-unsaturated/α-hetero) is 1. The summed E-state index contributed by atoms with van der Waals surface area (Å²) < 4.78 is 0. The van der Waals surface area contributed by atoms with E-state index < -0.39 is 0 Å². The predicted octanol–water partition coefficient (Wildman–Crippen LogP) is 5.17. The van der Waals surface area contributed by atoms with E-state index in [2.05, 4.69) is 20.1 Å². The van der Waals surface area contributed by atoms with Crippen LogP contribution in [-0.4, -0.2) is 29.7 Å². The van der Waals surface area contributed by atoms with Gasteiger partial charge < -0.3 is 4.90 Å². The Bertz CT molecular complexity index is 486. The van der Waals surface area contributed by atoms with Gasteiger partial charge in [-0.1, -0.05) is 32.9 Å². The van der Waals surface area contributed by atoms with E-state index >= 15 is 0 Å². The first-order valence-corrected chi connectivity index (χ1v) is 9.94. The molecule has 1 unspecified atom stereocenters. The van der Waals surface area contributed by atoms with Gasteiger partial charge in [-0.2, -0.15) is 0 Å². The van der Waals surface area contributed by atoms with Gasteiger partial charge in [0.2, 0.25) is 5.91 Å². The lowest BCUT2D eigenvalue weighted by Gasteiger charge is -2.33. The van der Waals surface area contributed by atoms with E-state index in [-0.39, 0.29) is 17.6 Å². The van der Waals surface area contributed by atoms with Crippen molar-refractivity contribution < 1.29 is 9.59 Å². The molecule has 0 radical (unpaired) electrons. The molecule has 1 aliphatic rings. The van der Waals surface area contributed by atoms with Crippen molar-refractivity contribution >= 4 is 11.7 Å². The van der Waals surface area contributed by atoms with Crippen LogP contribution in [0.1, 0.15) is 72.6 Å². The highest BCUT2D eigenvalue weighted by Gasteiger charge is 2.26. The zero-order valence-corrected chi connectivity index (χ0v) is 16.8. The number of nitrogens with zero attached hydrogens (tertiary/aromatic N) is 1. The van der Waals surface area contributed by atoms with Gasteiger partial charge in [0, 0.05) is 24.6 Å². The fourth-order valence-corrected chi connectivity index (χ4v) is 3.95. The van der Waals surface area contributed by atoms with E-state index in [4.69, 9.17) is 0 Å². The SMILES string of the molecule is C=C(C)C(=O)C(CC)CCC1CCC(CN(CC)C(=O)C(=C)C)CC1. The first kappa shape index (κ1) is 21.7. The Morgan fingerprint density at radius 1 is 1.00 bits per heavy atom. The number of hydrogen-bond donors (Lipinski definition) is 0. The third-order valence-electron chi connectivity index (χ3n) is 5.69. The average Bonchev–Trinajstić information content (AvgIpc) is 2.60. The molecule has 0 bridgehead atoms. The molecule has 3 nitrogen and oxygen atoms in total. The highest BCUT2D eigenvalue weighted by molar-refractivity contribution is 5.95. The summed E-state index contributed by atoms with van der Waals surface area (Å²) in [7, 11) is 0. The average molecular weight is 348 g/mol. The minimum Gasteiger partial charge on any atom is -0.339 e. The number of carbonyl (C=O) groups excluding carboxylic acids is 2. The van der Waals surface area contributed by atoms with Gasteiger partial charge in [-0.05, 0) is 70.3 Å². The van der Waals surface area contributed by atoms with Crippen LogP contribution in [0.2, 0.25) is 0 Å². The highest BCUT2D eigenvalue weighted by Crippen LogP contribution is 2.33. The normalized spacial score (nSPS) is 21.4. The lowest BCUT2D eigenvalue weighted by Crippen LogP contribution is -2.36.